The number of anilines is 2. The van der Waals surface area contributed by atoms with E-state index in [4.69, 9.17) is 11.6 Å². The molecule has 0 bridgehead atoms. The summed E-state index contributed by atoms with van der Waals surface area (Å²) in [4.78, 5) is 17.2. The molecule has 0 spiro atoms. The summed E-state index contributed by atoms with van der Waals surface area (Å²) in [5, 5.41) is 10.7. The molecular formula is C18H22ClN5O. The lowest BCUT2D eigenvalue weighted by Gasteiger charge is -2.35. The molecule has 1 amide bonds. The number of hydrogen-bond acceptors (Lipinski definition) is 4. The number of benzene rings is 1. The molecule has 1 aromatic heterocycles. The molecule has 7 heteroatoms. The van der Waals surface area contributed by atoms with Crippen LogP contribution < -0.4 is 10.2 Å². The molecular weight excluding hydrogens is 338 g/mol. The Balaban J connectivity index is 1.54. The monoisotopic (exact) mass is 359 g/mol. The van der Waals surface area contributed by atoms with Crippen molar-refractivity contribution in [3.8, 4) is 0 Å². The zero-order chi connectivity index (χ0) is 17.4. The Bertz CT molecular complexity index is 778. The van der Waals surface area contributed by atoms with Crippen molar-refractivity contribution in [3.05, 3.63) is 40.7 Å². The minimum absolute atomic E-state index is 0.208. The van der Waals surface area contributed by atoms with Gasteiger partial charge in [0.25, 0.3) is 5.91 Å². The summed E-state index contributed by atoms with van der Waals surface area (Å²) in [6.45, 7) is 3.85. The molecule has 0 atom stereocenters. The Labute approximate surface area is 152 Å². The molecule has 2 N–H and O–H groups in total. The van der Waals surface area contributed by atoms with Crippen LogP contribution in [0.2, 0.25) is 5.02 Å². The Morgan fingerprint density at radius 2 is 2.00 bits per heavy atom. The quantitative estimate of drug-likeness (QED) is 0.881. The molecule has 2 aromatic rings. The highest BCUT2D eigenvalue weighted by Crippen LogP contribution is 2.39. The first-order valence-corrected chi connectivity index (χ1v) is 9.07. The van der Waals surface area contributed by atoms with Gasteiger partial charge in [0.05, 0.1) is 11.4 Å². The third-order valence-electron chi connectivity index (χ3n) is 4.90. The van der Waals surface area contributed by atoms with Crippen molar-refractivity contribution in [2.24, 2.45) is 0 Å². The van der Waals surface area contributed by atoms with E-state index in [-0.39, 0.29) is 5.91 Å². The van der Waals surface area contributed by atoms with Gasteiger partial charge >= 0.3 is 0 Å². The van der Waals surface area contributed by atoms with Gasteiger partial charge in [0.15, 0.2) is 5.69 Å². The van der Waals surface area contributed by atoms with Crippen LogP contribution in [0.3, 0.4) is 0 Å². The van der Waals surface area contributed by atoms with E-state index < -0.39 is 0 Å². The van der Waals surface area contributed by atoms with Crippen molar-refractivity contribution in [3.63, 3.8) is 0 Å². The molecule has 1 saturated heterocycles. The maximum absolute atomic E-state index is 12.6. The summed E-state index contributed by atoms with van der Waals surface area (Å²) in [5.74, 6) is 0.335. The van der Waals surface area contributed by atoms with Gasteiger partial charge in [-0.2, -0.15) is 5.10 Å². The normalized spacial score (nSPS) is 18.4. The molecule has 2 heterocycles. The Morgan fingerprint density at radius 3 is 2.72 bits per heavy atom. The maximum atomic E-state index is 12.6. The summed E-state index contributed by atoms with van der Waals surface area (Å²) in [7, 11) is 2.12. The predicted octanol–water partition coefficient (Wildman–Crippen LogP) is 2.94. The SMILES string of the molecule is CN1CCN(c2ccc(Cl)cc2NC(=O)c2cc(C3CC3)[nH]n2)CC1. The van der Waals surface area contributed by atoms with Crippen LogP contribution in [0.4, 0.5) is 11.4 Å². The van der Waals surface area contributed by atoms with Gasteiger partial charge in [-0.1, -0.05) is 11.6 Å². The van der Waals surface area contributed by atoms with Gasteiger partial charge in [0, 0.05) is 42.8 Å². The van der Waals surface area contributed by atoms with Crippen molar-refractivity contribution >= 4 is 28.9 Å². The van der Waals surface area contributed by atoms with Gasteiger partial charge in [-0.25, -0.2) is 0 Å². The second kappa shape index (κ2) is 6.69. The summed E-state index contributed by atoms with van der Waals surface area (Å²) < 4.78 is 0. The molecule has 1 aliphatic carbocycles. The zero-order valence-corrected chi connectivity index (χ0v) is 15.0. The zero-order valence-electron chi connectivity index (χ0n) is 14.3. The molecule has 0 radical (unpaired) electrons. The number of nitrogens with one attached hydrogen (secondary N) is 2. The second-order valence-electron chi connectivity index (χ2n) is 6.89. The number of aromatic nitrogens is 2. The molecule has 4 rings (SSSR count). The van der Waals surface area contributed by atoms with E-state index in [1.807, 2.05) is 24.3 Å². The number of carbonyl (C=O) groups is 1. The van der Waals surface area contributed by atoms with Gasteiger partial charge in [0.1, 0.15) is 0 Å². The molecule has 132 valence electrons. The molecule has 0 unspecified atom stereocenters. The van der Waals surface area contributed by atoms with Crippen molar-refractivity contribution in [2.45, 2.75) is 18.8 Å². The summed E-state index contributed by atoms with van der Waals surface area (Å²) in [6.07, 6.45) is 2.34. The van der Waals surface area contributed by atoms with E-state index in [9.17, 15) is 4.79 Å². The van der Waals surface area contributed by atoms with E-state index in [0.29, 0.717) is 16.6 Å². The van der Waals surface area contributed by atoms with E-state index >= 15 is 0 Å². The second-order valence-corrected chi connectivity index (χ2v) is 7.33. The Morgan fingerprint density at radius 1 is 1.24 bits per heavy atom. The summed E-state index contributed by atoms with van der Waals surface area (Å²) in [6, 6.07) is 7.50. The van der Waals surface area contributed by atoms with Gasteiger partial charge < -0.3 is 15.1 Å². The highest BCUT2D eigenvalue weighted by molar-refractivity contribution is 6.31. The number of piperazine rings is 1. The van der Waals surface area contributed by atoms with Crippen LogP contribution in [-0.2, 0) is 0 Å². The van der Waals surface area contributed by atoms with Gasteiger partial charge in [-0.15, -0.1) is 0 Å². The maximum Gasteiger partial charge on any atom is 0.276 e. The summed E-state index contributed by atoms with van der Waals surface area (Å²) in [5.41, 5.74) is 3.21. The fraction of sp³-hybridized carbons (Fsp3) is 0.444. The van der Waals surface area contributed by atoms with Crippen molar-refractivity contribution in [1.29, 1.82) is 0 Å². The fourth-order valence-corrected chi connectivity index (χ4v) is 3.35. The van der Waals surface area contributed by atoms with E-state index in [1.165, 1.54) is 12.8 Å². The van der Waals surface area contributed by atoms with Crippen molar-refractivity contribution in [1.82, 2.24) is 15.1 Å². The number of aromatic amines is 1. The minimum Gasteiger partial charge on any atom is -0.367 e. The highest BCUT2D eigenvalue weighted by Gasteiger charge is 2.27. The topological polar surface area (TPSA) is 64.3 Å². The predicted molar refractivity (Wildman–Crippen MR) is 99.7 cm³/mol. The number of rotatable bonds is 4. The summed E-state index contributed by atoms with van der Waals surface area (Å²) >= 11 is 6.16. The molecule has 6 nitrogen and oxygen atoms in total. The third kappa shape index (κ3) is 3.65. The number of H-pyrrole nitrogens is 1. The standard InChI is InChI=1S/C18H22ClN5O/c1-23-6-8-24(9-7-23)17-5-4-13(19)10-15(17)20-18(25)16-11-14(21-22-16)12-2-3-12/h4-5,10-12H,2-3,6-9H2,1H3,(H,20,25)(H,21,22). The average Bonchev–Trinajstić information content (AvgIpc) is 3.33. The van der Waals surface area contributed by atoms with Gasteiger partial charge in [0.2, 0.25) is 0 Å². The lowest BCUT2D eigenvalue weighted by Crippen LogP contribution is -2.44. The van der Waals surface area contributed by atoms with Crippen molar-refractivity contribution in [2.75, 3.05) is 43.4 Å². The first-order chi connectivity index (χ1) is 12.1. The molecule has 1 saturated carbocycles. The first-order valence-electron chi connectivity index (χ1n) is 8.70. The third-order valence-corrected chi connectivity index (χ3v) is 5.13. The highest BCUT2D eigenvalue weighted by atomic mass is 35.5. The lowest BCUT2D eigenvalue weighted by atomic mass is 10.2. The number of nitrogens with zero attached hydrogens (tertiary/aromatic N) is 3. The fourth-order valence-electron chi connectivity index (χ4n) is 3.17. The van der Waals surface area contributed by atoms with Crippen LogP contribution in [0.15, 0.2) is 24.3 Å². The molecule has 1 aliphatic heterocycles. The largest absolute Gasteiger partial charge is 0.367 e. The Kier molecular flexibility index (Phi) is 4.39. The molecule has 2 fully saturated rings. The van der Waals surface area contributed by atoms with Crippen LogP contribution in [-0.4, -0.2) is 54.2 Å². The van der Waals surface area contributed by atoms with Crippen LogP contribution in [0, 0.1) is 0 Å². The smallest absolute Gasteiger partial charge is 0.276 e. The molecule has 2 aliphatic rings. The number of carbonyl (C=O) groups excluding carboxylic acids is 1. The van der Waals surface area contributed by atoms with Crippen LogP contribution >= 0.6 is 11.6 Å². The van der Waals surface area contributed by atoms with Crippen LogP contribution in [0.25, 0.3) is 0 Å². The van der Waals surface area contributed by atoms with Crippen molar-refractivity contribution < 1.29 is 4.79 Å². The average molecular weight is 360 g/mol. The van der Waals surface area contributed by atoms with Crippen LogP contribution in [0.5, 0.6) is 0 Å². The van der Waals surface area contributed by atoms with Crippen LogP contribution in [0.1, 0.15) is 34.9 Å². The lowest BCUT2D eigenvalue weighted by molar-refractivity contribution is 0.102. The Hall–Kier alpha value is -2.05. The number of hydrogen-bond donors (Lipinski definition) is 2. The van der Waals surface area contributed by atoms with Gasteiger partial charge in [-0.05, 0) is 44.2 Å². The molecule has 25 heavy (non-hydrogen) atoms. The number of likely N-dealkylation sites (N-methyl/N-ethyl adjacent to an activating group) is 1. The molecule has 1 aromatic carbocycles. The van der Waals surface area contributed by atoms with E-state index in [2.05, 4.69) is 32.4 Å². The van der Waals surface area contributed by atoms with Gasteiger partial charge in [-0.3, -0.25) is 9.89 Å². The van der Waals surface area contributed by atoms with E-state index in [0.717, 1.165) is 43.2 Å². The number of halogens is 1. The first kappa shape index (κ1) is 16.4. The number of amides is 1. The minimum atomic E-state index is -0.208. The van der Waals surface area contributed by atoms with E-state index in [1.54, 1.807) is 0 Å².